The van der Waals surface area contributed by atoms with Crippen molar-refractivity contribution >= 4 is 21.8 Å². The second-order valence-corrected chi connectivity index (χ2v) is 6.98. The quantitative estimate of drug-likeness (QED) is 0.419. The van der Waals surface area contributed by atoms with Gasteiger partial charge in [0.25, 0.3) is 0 Å². The highest BCUT2D eigenvalue weighted by molar-refractivity contribution is 6.13. The molecule has 0 aliphatic heterocycles. The molecule has 5 rings (SSSR count). The molecule has 0 bridgehead atoms. The van der Waals surface area contributed by atoms with Crippen LogP contribution in [0.1, 0.15) is 23.1 Å². The van der Waals surface area contributed by atoms with Gasteiger partial charge in [0.1, 0.15) is 0 Å². The highest BCUT2D eigenvalue weighted by Crippen LogP contribution is 2.44. The van der Waals surface area contributed by atoms with E-state index in [1.54, 1.807) is 11.1 Å². The maximum absolute atomic E-state index is 2.39. The second kappa shape index (κ2) is 4.98. The fourth-order valence-corrected chi connectivity index (χ4v) is 4.77. The predicted molar refractivity (Wildman–Crippen MR) is 103 cm³/mol. The average Bonchev–Trinajstić information content (AvgIpc) is 3.20. The van der Waals surface area contributed by atoms with Crippen LogP contribution in [0.5, 0.6) is 0 Å². The lowest BCUT2D eigenvalue weighted by molar-refractivity contribution is 0.914. The van der Waals surface area contributed by atoms with E-state index in [1.807, 2.05) is 0 Å². The first-order valence-corrected chi connectivity index (χ1v) is 8.84. The fourth-order valence-electron chi connectivity index (χ4n) is 4.77. The van der Waals surface area contributed by atoms with Gasteiger partial charge in [-0.2, -0.15) is 0 Å². The van der Waals surface area contributed by atoms with Crippen LogP contribution in [0.2, 0.25) is 0 Å². The van der Waals surface area contributed by atoms with Gasteiger partial charge in [-0.3, -0.25) is 0 Å². The van der Waals surface area contributed by atoms with Crippen LogP contribution >= 0.6 is 0 Å². The summed E-state index contributed by atoms with van der Waals surface area (Å²) < 4.78 is 2.39. The lowest BCUT2D eigenvalue weighted by Crippen LogP contribution is -1.98. The molecule has 0 atom stereocenters. The fraction of sp³-hybridized carbons (Fsp3) is 0.217. The van der Waals surface area contributed by atoms with E-state index in [0.29, 0.717) is 0 Å². The van der Waals surface area contributed by atoms with Crippen molar-refractivity contribution < 1.29 is 0 Å². The van der Waals surface area contributed by atoms with E-state index in [1.165, 1.54) is 57.8 Å². The number of aromatic nitrogens is 1. The van der Waals surface area contributed by atoms with Crippen LogP contribution in [-0.2, 0) is 19.9 Å². The first kappa shape index (κ1) is 13.9. The lowest BCUT2D eigenvalue weighted by Gasteiger charge is -2.16. The van der Waals surface area contributed by atoms with E-state index in [4.69, 9.17) is 0 Å². The first-order valence-electron chi connectivity index (χ1n) is 8.84. The van der Waals surface area contributed by atoms with E-state index in [-0.39, 0.29) is 0 Å². The molecule has 1 aliphatic carbocycles. The molecule has 3 aromatic carbocycles. The molecule has 1 nitrogen and oxygen atoms in total. The Kier molecular flexibility index (Phi) is 2.87. The van der Waals surface area contributed by atoms with E-state index < -0.39 is 0 Å². The molecule has 1 aliphatic rings. The number of aryl methyl sites for hydroxylation is 3. The zero-order chi connectivity index (χ0) is 16.3. The van der Waals surface area contributed by atoms with Crippen molar-refractivity contribution in [2.45, 2.75) is 26.2 Å². The summed E-state index contributed by atoms with van der Waals surface area (Å²) in [5, 5.41) is 2.91. The third-order valence-corrected chi connectivity index (χ3v) is 5.72. The summed E-state index contributed by atoms with van der Waals surface area (Å²) in [5.41, 5.74) is 10.2. The number of hydrogen-bond donors (Lipinski definition) is 0. The van der Waals surface area contributed by atoms with Crippen molar-refractivity contribution in [3.63, 3.8) is 0 Å². The summed E-state index contributed by atoms with van der Waals surface area (Å²) in [7, 11) is 2.22. The van der Waals surface area contributed by atoms with Gasteiger partial charge in [-0.15, -0.1) is 0 Å². The highest BCUT2D eigenvalue weighted by Gasteiger charge is 2.25. The number of benzene rings is 3. The molecule has 0 radical (unpaired) electrons. The monoisotopic (exact) mass is 311 g/mol. The molecule has 0 fully saturated rings. The number of para-hydroxylation sites is 1. The summed E-state index contributed by atoms with van der Waals surface area (Å²) in [6.45, 7) is 2.31. The van der Waals surface area contributed by atoms with Gasteiger partial charge in [0, 0.05) is 23.3 Å². The van der Waals surface area contributed by atoms with Crippen molar-refractivity contribution in [2.75, 3.05) is 0 Å². The Morgan fingerprint density at radius 1 is 0.833 bits per heavy atom. The molecule has 0 unspecified atom stereocenters. The third-order valence-electron chi connectivity index (χ3n) is 5.72. The molecule has 4 aromatic rings. The van der Waals surface area contributed by atoms with Crippen LogP contribution < -0.4 is 0 Å². The number of nitrogens with zero attached hydrogens (tertiary/aromatic N) is 1. The molecule has 0 saturated carbocycles. The topological polar surface area (TPSA) is 4.93 Å². The summed E-state index contributed by atoms with van der Waals surface area (Å²) in [5.74, 6) is 0. The number of hydrogen-bond acceptors (Lipinski definition) is 0. The van der Waals surface area contributed by atoms with Gasteiger partial charge in [0.05, 0.1) is 5.52 Å². The summed E-state index contributed by atoms with van der Waals surface area (Å²) in [6.07, 6.45) is 3.69. The van der Waals surface area contributed by atoms with Crippen LogP contribution in [0.4, 0.5) is 0 Å². The minimum atomic E-state index is 1.21. The van der Waals surface area contributed by atoms with Crippen molar-refractivity contribution in [3.05, 3.63) is 71.3 Å². The average molecular weight is 311 g/mol. The van der Waals surface area contributed by atoms with Crippen molar-refractivity contribution in [1.29, 1.82) is 0 Å². The van der Waals surface area contributed by atoms with Gasteiger partial charge in [-0.1, -0.05) is 48.5 Å². The molecule has 1 heteroatoms. The molecular formula is C23H21N. The molecule has 0 amide bonds. The maximum atomic E-state index is 2.39. The Balaban J connectivity index is 2.02. The van der Waals surface area contributed by atoms with Gasteiger partial charge in [0.2, 0.25) is 0 Å². The highest BCUT2D eigenvalue weighted by atomic mass is 14.9. The van der Waals surface area contributed by atoms with Gasteiger partial charge < -0.3 is 4.57 Å². The Bertz CT molecular complexity index is 1080. The zero-order valence-electron chi connectivity index (χ0n) is 14.3. The van der Waals surface area contributed by atoms with E-state index >= 15 is 0 Å². The first-order chi connectivity index (χ1) is 11.8. The minimum absolute atomic E-state index is 1.21. The molecule has 1 heterocycles. The third kappa shape index (κ3) is 1.70. The van der Waals surface area contributed by atoms with Crippen LogP contribution in [0.15, 0.2) is 54.6 Å². The summed E-state index contributed by atoms with van der Waals surface area (Å²) in [6, 6.07) is 19.8. The number of rotatable bonds is 1. The maximum Gasteiger partial charge on any atom is 0.0527 e. The Hall–Kier alpha value is -2.54. The Morgan fingerprint density at radius 2 is 1.54 bits per heavy atom. The molecule has 0 spiro atoms. The largest absolute Gasteiger partial charge is 0.343 e. The summed E-state index contributed by atoms with van der Waals surface area (Å²) >= 11 is 0. The van der Waals surface area contributed by atoms with E-state index in [2.05, 4.69) is 73.1 Å². The van der Waals surface area contributed by atoms with E-state index in [0.717, 1.165) is 0 Å². The molecule has 0 N–H and O–H groups in total. The molecule has 118 valence electrons. The SMILES string of the molecule is Cc1c(-c2ccccc2)c2c(c3c4ccccc4n(C)c13)CCC2. The van der Waals surface area contributed by atoms with Gasteiger partial charge >= 0.3 is 0 Å². The van der Waals surface area contributed by atoms with Crippen LogP contribution in [-0.4, -0.2) is 4.57 Å². The van der Waals surface area contributed by atoms with Gasteiger partial charge in [-0.05, 0) is 60.1 Å². The van der Waals surface area contributed by atoms with Crippen molar-refractivity contribution in [1.82, 2.24) is 4.57 Å². The van der Waals surface area contributed by atoms with Gasteiger partial charge in [-0.25, -0.2) is 0 Å². The number of fused-ring (bicyclic) bond motifs is 5. The standard InChI is InChI=1S/C23H21N/c1-15-21(16-9-4-3-5-10-16)17-12-8-13-18(17)22-19-11-6-7-14-20(19)24(2)23(15)22/h3-7,9-11,14H,8,12-13H2,1-2H3. The lowest BCUT2D eigenvalue weighted by atomic mass is 9.89. The minimum Gasteiger partial charge on any atom is -0.343 e. The normalized spacial score (nSPS) is 13.8. The second-order valence-electron chi connectivity index (χ2n) is 6.98. The van der Waals surface area contributed by atoms with E-state index in [9.17, 15) is 0 Å². The Labute approximate surface area is 142 Å². The summed E-state index contributed by atoms with van der Waals surface area (Å²) in [4.78, 5) is 0. The van der Waals surface area contributed by atoms with Crippen molar-refractivity contribution in [2.24, 2.45) is 7.05 Å². The molecule has 24 heavy (non-hydrogen) atoms. The zero-order valence-corrected chi connectivity index (χ0v) is 14.3. The smallest absolute Gasteiger partial charge is 0.0527 e. The molecular weight excluding hydrogens is 290 g/mol. The van der Waals surface area contributed by atoms with Crippen LogP contribution in [0.25, 0.3) is 32.9 Å². The molecule has 1 aromatic heterocycles. The predicted octanol–water partition coefficient (Wildman–Crippen LogP) is 5.80. The Morgan fingerprint density at radius 3 is 2.38 bits per heavy atom. The van der Waals surface area contributed by atoms with Crippen LogP contribution in [0.3, 0.4) is 0 Å². The van der Waals surface area contributed by atoms with Crippen molar-refractivity contribution in [3.8, 4) is 11.1 Å². The van der Waals surface area contributed by atoms with Gasteiger partial charge in [0.15, 0.2) is 0 Å². The van der Waals surface area contributed by atoms with Crippen LogP contribution in [0, 0.1) is 6.92 Å². The molecule has 0 saturated heterocycles.